The molecule has 7 unspecified atom stereocenters. The summed E-state index contributed by atoms with van der Waals surface area (Å²) in [5.74, 6) is 7.43. The summed E-state index contributed by atoms with van der Waals surface area (Å²) in [7, 11) is 0. The molecule has 0 saturated heterocycles. The van der Waals surface area contributed by atoms with Crippen LogP contribution in [0.4, 0.5) is 0 Å². The fraction of sp³-hybridized carbons (Fsp3) is 0.909. The lowest BCUT2D eigenvalue weighted by Gasteiger charge is -2.20. The van der Waals surface area contributed by atoms with Gasteiger partial charge in [0.25, 0.3) is 0 Å². The van der Waals surface area contributed by atoms with Crippen LogP contribution in [0.2, 0.25) is 0 Å². The molecular formula is C11H15NO. The van der Waals surface area contributed by atoms with Gasteiger partial charge in [0.2, 0.25) is 6.41 Å². The average Bonchev–Trinajstić information content (AvgIpc) is 2.57. The lowest BCUT2D eigenvalue weighted by molar-refractivity contribution is -0.109. The highest BCUT2D eigenvalue weighted by molar-refractivity contribution is 5.46. The van der Waals surface area contributed by atoms with Crippen LogP contribution in [0.3, 0.4) is 0 Å². The maximum absolute atomic E-state index is 10.2. The van der Waals surface area contributed by atoms with E-state index in [0.717, 1.165) is 54.4 Å². The topological polar surface area (TPSA) is 29.1 Å². The Labute approximate surface area is 78.1 Å². The van der Waals surface area contributed by atoms with E-state index in [1.165, 1.54) is 6.42 Å². The van der Waals surface area contributed by atoms with Gasteiger partial charge in [-0.15, -0.1) is 0 Å². The van der Waals surface area contributed by atoms with Crippen LogP contribution < -0.4 is 5.32 Å². The van der Waals surface area contributed by atoms with Crippen molar-refractivity contribution in [3.05, 3.63) is 0 Å². The summed E-state index contributed by atoms with van der Waals surface area (Å²) in [5, 5.41) is 2.87. The Kier molecular flexibility index (Phi) is 1.02. The summed E-state index contributed by atoms with van der Waals surface area (Å²) in [4.78, 5) is 10.2. The fourth-order valence-electron chi connectivity index (χ4n) is 5.31. The van der Waals surface area contributed by atoms with Gasteiger partial charge in [-0.1, -0.05) is 0 Å². The summed E-state index contributed by atoms with van der Waals surface area (Å²) < 4.78 is 0. The van der Waals surface area contributed by atoms with Crippen LogP contribution >= 0.6 is 0 Å². The molecule has 5 fully saturated rings. The number of hydrogen-bond donors (Lipinski definition) is 1. The Morgan fingerprint density at radius 3 is 2.54 bits per heavy atom. The molecule has 0 aliphatic heterocycles. The zero-order valence-corrected chi connectivity index (χ0v) is 7.65. The fourth-order valence-corrected chi connectivity index (χ4v) is 5.31. The quantitative estimate of drug-likeness (QED) is 0.637. The van der Waals surface area contributed by atoms with Gasteiger partial charge in [0.05, 0.1) is 0 Å². The minimum absolute atomic E-state index is 0.842. The molecule has 0 heterocycles. The standard InChI is InChI=1S/C11H15NO/c13-4-12-3-5-1-6-7-2-8-10(6)11(8)9(5)7/h4-11H,1-3H2,(H,12,13). The van der Waals surface area contributed by atoms with Crippen molar-refractivity contribution in [1.82, 2.24) is 5.32 Å². The highest BCUT2D eigenvalue weighted by Crippen LogP contribution is 2.81. The van der Waals surface area contributed by atoms with E-state index >= 15 is 0 Å². The molecule has 6 bridgehead atoms. The van der Waals surface area contributed by atoms with Gasteiger partial charge in [-0.05, 0) is 54.3 Å². The first kappa shape index (κ1) is 6.86. The molecule has 13 heavy (non-hydrogen) atoms. The highest BCUT2D eigenvalue weighted by atomic mass is 16.1. The molecule has 0 aromatic carbocycles. The van der Waals surface area contributed by atoms with E-state index in [1.807, 2.05) is 0 Å². The normalized spacial score (nSPS) is 64.2. The van der Waals surface area contributed by atoms with Crippen molar-refractivity contribution in [2.75, 3.05) is 6.54 Å². The van der Waals surface area contributed by atoms with Crippen LogP contribution in [0.25, 0.3) is 0 Å². The average molecular weight is 177 g/mol. The van der Waals surface area contributed by atoms with E-state index in [-0.39, 0.29) is 0 Å². The predicted octanol–water partition coefficient (Wildman–Crippen LogP) is 0.880. The van der Waals surface area contributed by atoms with E-state index in [2.05, 4.69) is 5.32 Å². The van der Waals surface area contributed by atoms with Crippen LogP contribution in [-0.4, -0.2) is 13.0 Å². The van der Waals surface area contributed by atoms with Crippen LogP contribution in [0, 0.1) is 41.4 Å². The zero-order chi connectivity index (χ0) is 8.58. The number of hydrogen-bond acceptors (Lipinski definition) is 1. The van der Waals surface area contributed by atoms with Gasteiger partial charge in [0.1, 0.15) is 0 Å². The van der Waals surface area contributed by atoms with Crippen LogP contribution in [0.1, 0.15) is 12.8 Å². The van der Waals surface area contributed by atoms with Gasteiger partial charge in [-0.2, -0.15) is 0 Å². The molecule has 1 amide bonds. The van der Waals surface area contributed by atoms with Gasteiger partial charge >= 0.3 is 0 Å². The summed E-state index contributed by atoms with van der Waals surface area (Å²) in [6, 6.07) is 0. The zero-order valence-electron chi connectivity index (χ0n) is 7.65. The summed E-state index contributed by atoms with van der Waals surface area (Å²) >= 11 is 0. The Morgan fingerprint density at radius 1 is 1.08 bits per heavy atom. The Morgan fingerprint density at radius 2 is 1.92 bits per heavy atom. The second-order valence-electron chi connectivity index (χ2n) is 5.48. The monoisotopic (exact) mass is 177 g/mol. The van der Waals surface area contributed by atoms with Crippen molar-refractivity contribution < 1.29 is 4.79 Å². The minimum atomic E-state index is 0.842. The maximum Gasteiger partial charge on any atom is 0.207 e. The van der Waals surface area contributed by atoms with Gasteiger partial charge in [0.15, 0.2) is 0 Å². The lowest BCUT2D eigenvalue weighted by Crippen LogP contribution is -2.26. The molecule has 2 nitrogen and oxygen atoms in total. The van der Waals surface area contributed by atoms with Crippen LogP contribution in [-0.2, 0) is 4.79 Å². The third kappa shape index (κ3) is 0.598. The smallest absolute Gasteiger partial charge is 0.207 e. The number of amides is 1. The molecule has 70 valence electrons. The molecule has 1 N–H and O–H groups in total. The number of rotatable bonds is 3. The number of carbonyl (C=O) groups excluding carboxylic acids is 1. The number of carbonyl (C=O) groups is 1. The molecule has 5 saturated carbocycles. The molecule has 5 aliphatic carbocycles. The summed E-state index contributed by atoms with van der Waals surface area (Å²) in [6.45, 7) is 0.955. The predicted molar refractivity (Wildman–Crippen MR) is 47.7 cm³/mol. The van der Waals surface area contributed by atoms with Gasteiger partial charge < -0.3 is 5.32 Å². The largest absolute Gasteiger partial charge is 0.358 e. The molecule has 7 atom stereocenters. The third-order valence-electron chi connectivity index (χ3n) is 5.40. The van der Waals surface area contributed by atoms with E-state index in [4.69, 9.17) is 0 Å². The van der Waals surface area contributed by atoms with Crippen molar-refractivity contribution in [2.45, 2.75) is 12.8 Å². The summed E-state index contributed by atoms with van der Waals surface area (Å²) in [6.07, 6.45) is 3.83. The highest BCUT2D eigenvalue weighted by Gasteiger charge is 2.77. The van der Waals surface area contributed by atoms with E-state index in [1.54, 1.807) is 6.42 Å². The minimum Gasteiger partial charge on any atom is -0.358 e. The van der Waals surface area contributed by atoms with Crippen molar-refractivity contribution in [3.63, 3.8) is 0 Å². The first-order chi connectivity index (χ1) is 6.42. The van der Waals surface area contributed by atoms with Crippen molar-refractivity contribution in [1.29, 1.82) is 0 Å². The van der Waals surface area contributed by atoms with Gasteiger partial charge in [-0.25, -0.2) is 0 Å². The molecule has 0 aromatic heterocycles. The van der Waals surface area contributed by atoms with E-state index in [9.17, 15) is 4.79 Å². The van der Waals surface area contributed by atoms with E-state index in [0.29, 0.717) is 0 Å². The molecule has 2 heteroatoms. The van der Waals surface area contributed by atoms with Crippen LogP contribution in [0.5, 0.6) is 0 Å². The molecule has 0 radical (unpaired) electrons. The van der Waals surface area contributed by atoms with E-state index < -0.39 is 0 Å². The van der Waals surface area contributed by atoms with Crippen molar-refractivity contribution >= 4 is 6.41 Å². The second kappa shape index (κ2) is 1.94. The second-order valence-corrected chi connectivity index (χ2v) is 5.48. The molecule has 0 aromatic rings. The maximum atomic E-state index is 10.2. The molecule has 0 spiro atoms. The lowest BCUT2D eigenvalue weighted by atomic mass is 9.88. The first-order valence-corrected chi connectivity index (χ1v) is 5.59. The third-order valence-corrected chi connectivity index (χ3v) is 5.40. The first-order valence-electron chi connectivity index (χ1n) is 5.59. The number of nitrogens with one attached hydrogen (secondary N) is 1. The van der Waals surface area contributed by atoms with Crippen molar-refractivity contribution in [3.8, 4) is 0 Å². The molecule has 5 rings (SSSR count). The Hall–Kier alpha value is -0.530. The van der Waals surface area contributed by atoms with Crippen molar-refractivity contribution in [2.24, 2.45) is 41.4 Å². The molecular weight excluding hydrogens is 162 g/mol. The van der Waals surface area contributed by atoms with Gasteiger partial charge in [-0.3, -0.25) is 4.79 Å². The Bertz CT molecular complexity index is 277. The van der Waals surface area contributed by atoms with Crippen LogP contribution in [0.15, 0.2) is 0 Å². The van der Waals surface area contributed by atoms with Gasteiger partial charge in [0, 0.05) is 6.54 Å². The SMILES string of the molecule is O=CNCC1CC2C3CC4C2C4C13. The summed E-state index contributed by atoms with van der Waals surface area (Å²) in [5.41, 5.74) is 0. The Balaban J connectivity index is 1.57. The molecule has 5 aliphatic rings.